The Balaban J connectivity index is 1.53. The first-order chi connectivity index (χ1) is 19.2. The first-order valence-corrected chi connectivity index (χ1v) is 16.4. The van der Waals surface area contributed by atoms with Crippen molar-refractivity contribution in [1.29, 1.82) is 0 Å². The van der Waals surface area contributed by atoms with E-state index >= 15 is 0 Å². The molecule has 2 aliphatic rings. The van der Waals surface area contributed by atoms with Gasteiger partial charge in [-0.15, -0.1) is 0 Å². The lowest BCUT2D eigenvalue weighted by Gasteiger charge is -2.38. The molecule has 1 aromatic carbocycles. The molecule has 5 nitrogen and oxygen atoms in total. The number of fused-ring (bicyclic) bond motifs is 1. The molecule has 1 aliphatic carbocycles. The highest BCUT2D eigenvalue weighted by Crippen LogP contribution is 2.45. The highest BCUT2D eigenvalue weighted by Gasteiger charge is 2.43. The van der Waals surface area contributed by atoms with Crippen LogP contribution in [0.3, 0.4) is 0 Å². The molecule has 232 valence electrons. The third kappa shape index (κ3) is 8.97. The summed E-state index contributed by atoms with van der Waals surface area (Å²) in [5, 5.41) is 0. The molecule has 41 heavy (non-hydrogen) atoms. The van der Waals surface area contributed by atoms with Crippen molar-refractivity contribution in [3.8, 4) is 5.75 Å². The summed E-state index contributed by atoms with van der Waals surface area (Å²) < 4.78 is 16.0. The Hall–Kier alpha value is -2.04. The van der Waals surface area contributed by atoms with Gasteiger partial charge in [0.2, 0.25) is 0 Å². The van der Waals surface area contributed by atoms with Crippen molar-refractivity contribution in [2.24, 2.45) is 28.6 Å². The van der Waals surface area contributed by atoms with E-state index in [-0.39, 0.29) is 13.2 Å². The molecule has 0 radical (unpaired) electrons. The second-order valence-electron chi connectivity index (χ2n) is 14.8. The van der Waals surface area contributed by atoms with Crippen molar-refractivity contribution < 1.29 is 23.8 Å². The van der Waals surface area contributed by atoms with Crippen molar-refractivity contribution in [1.82, 2.24) is 0 Å². The van der Waals surface area contributed by atoms with E-state index in [2.05, 4.69) is 55.4 Å². The topological polar surface area (TPSA) is 61.8 Å². The molecule has 3 atom stereocenters. The minimum atomic E-state index is -1.00. The third-order valence-electron chi connectivity index (χ3n) is 10.1. The molecule has 0 unspecified atom stereocenters. The summed E-state index contributed by atoms with van der Waals surface area (Å²) in [4.78, 5) is 24.4. The van der Waals surface area contributed by atoms with E-state index < -0.39 is 17.5 Å². The SMILES string of the molecule is Cc1c(C)c(OC(=O)C2(C)COC(=O)OC2)c(C)c2c1C[C@](C)(CCC[C@H](C)CCC[C@H](C)CCCC(C)C)CC2. The number of rotatable bonds is 14. The van der Waals surface area contributed by atoms with Crippen LogP contribution in [0.25, 0.3) is 0 Å². The fourth-order valence-corrected chi connectivity index (χ4v) is 6.86. The lowest BCUT2D eigenvalue weighted by atomic mass is 9.67. The van der Waals surface area contributed by atoms with Gasteiger partial charge in [-0.05, 0) is 104 Å². The van der Waals surface area contributed by atoms with Gasteiger partial charge in [0.15, 0.2) is 0 Å². The maximum absolute atomic E-state index is 13.1. The number of benzene rings is 1. The van der Waals surface area contributed by atoms with Gasteiger partial charge in [0, 0.05) is 0 Å². The van der Waals surface area contributed by atoms with Crippen LogP contribution in [0.1, 0.15) is 134 Å². The number of hydrogen-bond acceptors (Lipinski definition) is 5. The Bertz CT molecular complexity index is 1050. The van der Waals surface area contributed by atoms with Crippen LogP contribution in [0.2, 0.25) is 0 Å². The molecule has 0 spiro atoms. The van der Waals surface area contributed by atoms with Gasteiger partial charge in [-0.3, -0.25) is 4.79 Å². The Morgan fingerprint density at radius 2 is 1.37 bits per heavy atom. The maximum Gasteiger partial charge on any atom is 0.508 e. The second kappa shape index (κ2) is 14.4. The summed E-state index contributed by atoms with van der Waals surface area (Å²) in [5.74, 6) is 2.75. The Morgan fingerprint density at radius 3 is 1.95 bits per heavy atom. The number of carbonyl (C=O) groups is 2. The number of esters is 1. The van der Waals surface area contributed by atoms with Gasteiger partial charge in [0.25, 0.3) is 0 Å². The van der Waals surface area contributed by atoms with Gasteiger partial charge in [-0.25, -0.2) is 4.79 Å². The predicted octanol–water partition coefficient (Wildman–Crippen LogP) is 9.62. The van der Waals surface area contributed by atoms with E-state index in [1.54, 1.807) is 6.92 Å². The van der Waals surface area contributed by atoms with Gasteiger partial charge >= 0.3 is 12.1 Å². The van der Waals surface area contributed by atoms with E-state index in [0.717, 1.165) is 41.7 Å². The van der Waals surface area contributed by atoms with E-state index in [1.807, 2.05) is 0 Å². The lowest BCUT2D eigenvalue weighted by Crippen LogP contribution is -2.45. The highest BCUT2D eigenvalue weighted by molar-refractivity contribution is 5.81. The van der Waals surface area contributed by atoms with Crippen LogP contribution >= 0.6 is 0 Å². The van der Waals surface area contributed by atoms with Crippen LogP contribution in [0, 0.1) is 49.4 Å². The smallest absolute Gasteiger partial charge is 0.433 e. The Kier molecular flexibility index (Phi) is 11.8. The predicted molar refractivity (Wildman–Crippen MR) is 167 cm³/mol. The summed E-state index contributed by atoms with van der Waals surface area (Å²) in [6.45, 7) is 20.0. The minimum absolute atomic E-state index is 0.0266. The summed E-state index contributed by atoms with van der Waals surface area (Å²) >= 11 is 0. The van der Waals surface area contributed by atoms with E-state index in [0.29, 0.717) is 11.2 Å². The summed E-state index contributed by atoms with van der Waals surface area (Å²) in [5.41, 5.74) is 5.46. The molecule has 3 rings (SSSR count). The zero-order valence-electron chi connectivity index (χ0n) is 27.7. The number of cyclic esters (lactones) is 2. The first kappa shape index (κ1) is 33.5. The average Bonchev–Trinajstić information content (AvgIpc) is 2.91. The molecule has 0 aromatic heterocycles. The van der Waals surface area contributed by atoms with E-state index in [4.69, 9.17) is 14.2 Å². The van der Waals surface area contributed by atoms with Crippen molar-refractivity contribution in [2.45, 2.75) is 139 Å². The fourth-order valence-electron chi connectivity index (χ4n) is 6.86. The normalized spacial score (nSPS) is 21.6. The van der Waals surface area contributed by atoms with Crippen LogP contribution in [0.5, 0.6) is 5.75 Å². The Labute approximate surface area is 250 Å². The molecular weight excluding hydrogens is 512 g/mol. The zero-order valence-corrected chi connectivity index (χ0v) is 27.7. The molecule has 1 aliphatic heterocycles. The van der Waals surface area contributed by atoms with Crippen LogP contribution < -0.4 is 4.74 Å². The molecular formula is C36H58O5. The Morgan fingerprint density at radius 1 is 0.805 bits per heavy atom. The fraction of sp³-hybridized carbons (Fsp3) is 0.778. The van der Waals surface area contributed by atoms with E-state index in [9.17, 15) is 9.59 Å². The largest absolute Gasteiger partial charge is 0.508 e. The molecule has 1 fully saturated rings. The molecule has 5 heteroatoms. The number of ether oxygens (including phenoxy) is 3. The van der Waals surface area contributed by atoms with Crippen LogP contribution in [-0.4, -0.2) is 25.3 Å². The zero-order chi connectivity index (χ0) is 30.4. The van der Waals surface area contributed by atoms with Gasteiger partial charge in [0.1, 0.15) is 24.4 Å². The van der Waals surface area contributed by atoms with Crippen LogP contribution in [0.15, 0.2) is 0 Å². The molecule has 0 amide bonds. The second-order valence-corrected chi connectivity index (χ2v) is 14.8. The van der Waals surface area contributed by atoms with E-state index in [1.165, 1.54) is 80.9 Å². The van der Waals surface area contributed by atoms with Crippen molar-refractivity contribution in [2.75, 3.05) is 13.2 Å². The summed E-state index contributed by atoms with van der Waals surface area (Å²) in [6.07, 6.45) is 14.7. The molecule has 0 bridgehead atoms. The molecule has 1 heterocycles. The maximum atomic E-state index is 13.1. The minimum Gasteiger partial charge on any atom is -0.433 e. The molecule has 1 saturated heterocycles. The van der Waals surface area contributed by atoms with Crippen molar-refractivity contribution in [3.05, 3.63) is 27.8 Å². The first-order valence-electron chi connectivity index (χ1n) is 16.4. The summed E-state index contributed by atoms with van der Waals surface area (Å²) in [6, 6.07) is 0. The van der Waals surface area contributed by atoms with Gasteiger partial charge in [-0.1, -0.05) is 86.0 Å². The summed E-state index contributed by atoms with van der Waals surface area (Å²) in [7, 11) is 0. The molecule has 0 saturated carbocycles. The number of hydrogen-bond donors (Lipinski definition) is 0. The number of carbonyl (C=O) groups excluding carboxylic acids is 2. The van der Waals surface area contributed by atoms with Gasteiger partial charge < -0.3 is 14.2 Å². The van der Waals surface area contributed by atoms with Crippen molar-refractivity contribution in [3.63, 3.8) is 0 Å². The van der Waals surface area contributed by atoms with Crippen molar-refractivity contribution >= 4 is 12.1 Å². The average molecular weight is 571 g/mol. The van der Waals surface area contributed by atoms with Crippen LogP contribution in [-0.2, 0) is 27.1 Å². The van der Waals surface area contributed by atoms with Gasteiger partial charge in [-0.2, -0.15) is 0 Å². The molecule has 1 aromatic rings. The third-order valence-corrected chi connectivity index (χ3v) is 10.1. The lowest BCUT2D eigenvalue weighted by molar-refractivity contribution is -0.156. The highest BCUT2D eigenvalue weighted by atomic mass is 16.7. The van der Waals surface area contributed by atoms with Crippen LogP contribution in [0.4, 0.5) is 4.79 Å². The monoisotopic (exact) mass is 570 g/mol. The quantitative estimate of drug-likeness (QED) is 0.165. The molecule has 0 N–H and O–H groups in total. The standard InChI is InChI=1S/C36H58O5/c1-24(2)13-10-14-25(3)15-11-16-26(4)17-12-19-35(8)20-18-30-29(7)32(28(6)27(5)31(30)21-35)41-33(37)36(9)22-39-34(38)40-23-36/h24-26H,10-23H2,1-9H3/t25-,26-,35-/m1/s1. The van der Waals surface area contributed by atoms with Gasteiger partial charge in [0.05, 0.1) is 0 Å².